The van der Waals surface area contributed by atoms with E-state index in [1.54, 1.807) is 80.9 Å². The van der Waals surface area contributed by atoms with Gasteiger partial charge in [0.05, 0.1) is 60.9 Å². The van der Waals surface area contributed by atoms with Gasteiger partial charge in [0.15, 0.2) is 11.6 Å². The molecule has 14 heteroatoms. The van der Waals surface area contributed by atoms with Gasteiger partial charge in [-0.15, -0.1) is 0 Å². The van der Waals surface area contributed by atoms with Crippen molar-refractivity contribution in [1.29, 1.82) is 0 Å². The zero-order valence-corrected chi connectivity index (χ0v) is 35.7. The fourth-order valence-corrected chi connectivity index (χ4v) is 10.5. The van der Waals surface area contributed by atoms with Gasteiger partial charge in [-0.2, -0.15) is 5.01 Å². The first kappa shape index (κ1) is 41.7. The molecular formula is C49H40Cl2FN3O8. The maximum atomic E-state index is 15.5. The Morgan fingerprint density at radius 1 is 0.778 bits per heavy atom. The van der Waals surface area contributed by atoms with E-state index in [0.29, 0.717) is 44.7 Å². The maximum absolute atomic E-state index is 15.5. The van der Waals surface area contributed by atoms with Crippen LogP contribution in [0.1, 0.15) is 41.0 Å². The second kappa shape index (κ2) is 16.2. The van der Waals surface area contributed by atoms with Crippen molar-refractivity contribution in [2.24, 2.45) is 23.7 Å². The summed E-state index contributed by atoms with van der Waals surface area (Å²) in [6, 6.07) is 27.8. The first-order valence-electron chi connectivity index (χ1n) is 20.2. The van der Waals surface area contributed by atoms with Gasteiger partial charge >= 0.3 is 0 Å². The summed E-state index contributed by atoms with van der Waals surface area (Å²) in [4.78, 5) is 60.9. The molecule has 320 valence electrons. The number of rotatable bonds is 10. The first-order chi connectivity index (χ1) is 30.4. The third kappa shape index (κ3) is 6.79. The number of nitrogens with zero attached hydrogens (tertiary/aromatic N) is 2. The molecule has 2 heterocycles. The lowest BCUT2D eigenvalue weighted by atomic mass is 9.49. The molecule has 0 spiro atoms. The normalized spacial score (nSPS) is 24.0. The van der Waals surface area contributed by atoms with Gasteiger partial charge in [0.1, 0.15) is 17.2 Å². The van der Waals surface area contributed by atoms with Gasteiger partial charge in [-0.1, -0.05) is 77.3 Å². The van der Waals surface area contributed by atoms with E-state index in [-0.39, 0.29) is 29.5 Å². The number of hydrogen-bond donors (Lipinski definition) is 2. The summed E-state index contributed by atoms with van der Waals surface area (Å²) in [5, 5.41) is 11.8. The number of anilines is 2. The van der Waals surface area contributed by atoms with Crippen LogP contribution in [0.3, 0.4) is 0 Å². The van der Waals surface area contributed by atoms with E-state index in [2.05, 4.69) is 5.43 Å². The van der Waals surface area contributed by atoms with E-state index >= 15 is 14.0 Å². The van der Waals surface area contributed by atoms with Crippen LogP contribution in [-0.2, 0) is 24.6 Å². The number of carbonyl (C=O) groups excluding carboxylic acids is 4. The molecule has 0 unspecified atom stereocenters. The number of imide groups is 2. The Balaban J connectivity index is 1.12. The Morgan fingerprint density at radius 2 is 1.51 bits per heavy atom. The van der Waals surface area contributed by atoms with E-state index in [9.17, 15) is 14.7 Å². The number of phenolic OH excluding ortho intramolecular Hbond substituents is 1. The van der Waals surface area contributed by atoms with Gasteiger partial charge in [-0.05, 0) is 108 Å². The summed E-state index contributed by atoms with van der Waals surface area (Å²) in [5.41, 5.74) is 4.86. The highest BCUT2D eigenvalue weighted by molar-refractivity contribution is 6.36. The van der Waals surface area contributed by atoms with Crippen molar-refractivity contribution in [2.75, 3.05) is 31.7 Å². The van der Waals surface area contributed by atoms with Crippen LogP contribution in [-0.4, -0.2) is 55.1 Å². The molecule has 4 amide bonds. The second-order valence-corrected chi connectivity index (χ2v) is 16.8. The standard InChI is InChI=1S/C49H40Cl2FN3O8/c1-61-32-14-9-29(10-15-32)49-37(46(58)55(48(49)60)53-40-19-11-30(50)24-38(40)51)25-36-34(44(49)28-8-20-41(56)39(52)23-28)17-18-35-43(36)47(59)54(45(35)57)31-12-5-26(6-13-31)4-7-27-22-33(62-2)16-21-42(27)63-3/h4-17,19-24,35-37,43-44,53,56H,18,25H2,1-3H3/t35-,36+,37-,43-,44-,49+/m0/s1. The van der Waals surface area contributed by atoms with E-state index in [4.69, 9.17) is 37.4 Å². The van der Waals surface area contributed by atoms with Crippen LogP contribution >= 0.6 is 23.2 Å². The minimum Gasteiger partial charge on any atom is -0.505 e. The van der Waals surface area contributed by atoms with E-state index < -0.39 is 64.3 Å². The summed E-state index contributed by atoms with van der Waals surface area (Å²) >= 11 is 12.7. The molecule has 0 bridgehead atoms. The van der Waals surface area contributed by atoms with Crippen molar-refractivity contribution in [3.8, 4) is 23.0 Å². The van der Waals surface area contributed by atoms with Crippen molar-refractivity contribution in [2.45, 2.75) is 24.2 Å². The minimum absolute atomic E-state index is 0.0114. The zero-order chi connectivity index (χ0) is 44.3. The molecule has 2 saturated heterocycles. The number of nitrogens with one attached hydrogen (secondary N) is 1. The number of amides is 4. The first-order valence-corrected chi connectivity index (χ1v) is 21.0. The van der Waals surface area contributed by atoms with Crippen molar-refractivity contribution in [1.82, 2.24) is 5.01 Å². The molecule has 2 aliphatic heterocycles. The van der Waals surface area contributed by atoms with E-state index in [0.717, 1.165) is 22.2 Å². The highest BCUT2D eigenvalue weighted by Crippen LogP contribution is 2.64. The lowest BCUT2D eigenvalue weighted by molar-refractivity contribution is -0.138. The van der Waals surface area contributed by atoms with Gasteiger partial charge in [-0.3, -0.25) is 29.5 Å². The van der Waals surface area contributed by atoms with Crippen LogP contribution in [0.2, 0.25) is 10.0 Å². The lowest BCUT2D eigenvalue weighted by Gasteiger charge is -2.50. The number of aromatic hydroxyl groups is 1. The molecule has 3 fully saturated rings. The predicted octanol–water partition coefficient (Wildman–Crippen LogP) is 9.22. The molecule has 0 radical (unpaired) electrons. The quantitative estimate of drug-likeness (QED) is 0.0800. The Kier molecular flexibility index (Phi) is 10.8. The summed E-state index contributed by atoms with van der Waals surface area (Å²) < 4.78 is 31.9. The number of methoxy groups -OCH3 is 3. The Labute approximate surface area is 372 Å². The Morgan fingerprint density at radius 3 is 2.19 bits per heavy atom. The average Bonchev–Trinajstić information content (AvgIpc) is 3.67. The SMILES string of the molecule is COc1ccc([C@@]23C(=O)N(Nc4ccc(Cl)cc4Cl)C(=O)[C@@H]2C[C@@H]2C(=CC[C@@H]4C(=O)N(c5ccc(C=Cc6cc(OC)ccc6OC)cc5)C(=O)[C@@H]42)[C@@H]3c2ccc(O)c(F)c2)cc1. The van der Waals surface area contributed by atoms with Crippen molar-refractivity contribution < 1.29 is 42.9 Å². The van der Waals surface area contributed by atoms with Gasteiger partial charge in [-0.25, -0.2) is 4.39 Å². The van der Waals surface area contributed by atoms with Crippen molar-refractivity contribution in [3.05, 3.63) is 153 Å². The number of phenols is 1. The van der Waals surface area contributed by atoms with Crippen LogP contribution in [0, 0.1) is 29.5 Å². The smallest absolute Gasteiger partial charge is 0.260 e. The highest BCUT2D eigenvalue weighted by atomic mass is 35.5. The van der Waals surface area contributed by atoms with Crippen molar-refractivity contribution in [3.63, 3.8) is 0 Å². The fraction of sp³-hybridized carbons (Fsp3) is 0.224. The molecule has 5 aromatic rings. The highest BCUT2D eigenvalue weighted by Gasteiger charge is 2.70. The molecule has 1 saturated carbocycles. The Hall–Kier alpha value is -6.63. The summed E-state index contributed by atoms with van der Waals surface area (Å²) in [6.45, 7) is 0. The summed E-state index contributed by atoms with van der Waals surface area (Å²) in [6.07, 6.45) is 5.81. The summed E-state index contributed by atoms with van der Waals surface area (Å²) in [7, 11) is 4.68. The van der Waals surface area contributed by atoms with Gasteiger partial charge in [0, 0.05) is 16.5 Å². The average molecular weight is 889 g/mol. The fourth-order valence-electron chi connectivity index (χ4n) is 10.1. The van der Waals surface area contributed by atoms with Gasteiger partial charge in [0.2, 0.25) is 11.8 Å². The molecule has 63 heavy (non-hydrogen) atoms. The third-order valence-corrected chi connectivity index (χ3v) is 13.5. The number of hydrazine groups is 1. The zero-order valence-electron chi connectivity index (χ0n) is 34.2. The number of carbonyl (C=O) groups is 4. The molecule has 6 atom stereocenters. The molecule has 9 rings (SSSR count). The number of ether oxygens (including phenoxy) is 3. The van der Waals surface area contributed by atoms with Crippen LogP contribution in [0.4, 0.5) is 15.8 Å². The summed E-state index contributed by atoms with van der Waals surface area (Å²) in [5.74, 6) is -6.25. The molecule has 4 aliphatic rings. The monoisotopic (exact) mass is 887 g/mol. The third-order valence-electron chi connectivity index (χ3n) is 12.9. The van der Waals surface area contributed by atoms with Crippen LogP contribution in [0.5, 0.6) is 23.0 Å². The minimum atomic E-state index is -1.70. The number of halogens is 3. The number of hydrogen-bond acceptors (Lipinski definition) is 9. The van der Waals surface area contributed by atoms with Crippen LogP contribution in [0.25, 0.3) is 12.2 Å². The second-order valence-electron chi connectivity index (χ2n) is 16.0. The van der Waals surface area contributed by atoms with Gasteiger partial charge < -0.3 is 19.3 Å². The van der Waals surface area contributed by atoms with E-state index in [1.807, 2.05) is 30.4 Å². The molecule has 0 aromatic heterocycles. The Bertz CT molecular complexity index is 2760. The number of benzene rings is 5. The lowest BCUT2D eigenvalue weighted by Crippen LogP contribution is -2.53. The molecular weight excluding hydrogens is 848 g/mol. The molecule has 2 aliphatic carbocycles. The molecule has 2 N–H and O–H groups in total. The maximum Gasteiger partial charge on any atom is 0.260 e. The molecule has 11 nitrogen and oxygen atoms in total. The van der Waals surface area contributed by atoms with Crippen molar-refractivity contribution >= 4 is 70.4 Å². The molecule has 5 aromatic carbocycles. The van der Waals surface area contributed by atoms with Gasteiger partial charge in [0.25, 0.3) is 11.8 Å². The number of allylic oxidation sites excluding steroid dienone is 2. The predicted molar refractivity (Wildman–Crippen MR) is 236 cm³/mol. The van der Waals surface area contributed by atoms with Crippen LogP contribution in [0.15, 0.2) is 115 Å². The van der Waals surface area contributed by atoms with Crippen LogP contribution < -0.4 is 24.5 Å². The largest absolute Gasteiger partial charge is 0.505 e. The number of fused-ring (bicyclic) bond motifs is 4. The van der Waals surface area contributed by atoms with E-state index in [1.165, 1.54) is 30.2 Å². The topological polar surface area (TPSA) is 135 Å².